The summed E-state index contributed by atoms with van der Waals surface area (Å²) in [6.45, 7) is 3.16. The molecule has 0 saturated carbocycles. The molecule has 1 unspecified atom stereocenters. The summed E-state index contributed by atoms with van der Waals surface area (Å²) in [5.41, 5.74) is 2.35. The van der Waals surface area contributed by atoms with Crippen LogP contribution in [0.3, 0.4) is 0 Å². The zero-order chi connectivity index (χ0) is 16.5. The van der Waals surface area contributed by atoms with Gasteiger partial charge in [0, 0.05) is 31.2 Å². The van der Waals surface area contributed by atoms with Crippen molar-refractivity contribution in [2.75, 3.05) is 31.1 Å². The van der Waals surface area contributed by atoms with Crippen LogP contribution in [0.25, 0.3) is 0 Å². The molecule has 1 aromatic carbocycles. The van der Waals surface area contributed by atoms with E-state index >= 15 is 0 Å². The van der Waals surface area contributed by atoms with E-state index in [1.54, 1.807) is 0 Å². The maximum Gasteiger partial charge on any atom is 0.239 e. The van der Waals surface area contributed by atoms with Gasteiger partial charge in [0.15, 0.2) is 0 Å². The van der Waals surface area contributed by atoms with E-state index in [1.165, 1.54) is 5.56 Å². The van der Waals surface area contributed by atoms with Crippen molar-refractivity contribution in [1.29, 1.82) is 0 Å². The molecule has 2 amide bonds. The molecule has 24 heavy (non-hydrogen) atoms. The smallest absolute Gasteiger partial charge is 0.239 e. The number of piperidine rings is 1. The summed E-state index contributed by atoms with van der Waals surface area (Å²) in [6, 6.07) is 8.19. The summed E-state index contributed by atoms with van der Waals surface area (Å²) in [5.74, 6) is 0.521. The zero-order valence-corrected chi connectivity index (χ0v) is 14.0. The van der Waals surface area contributed by atoms with Crippen LogP contribution in [0.2, 0.25) is 0 Å². The molecule has 128 valence electrons. The van der Waals surface area contributed by atoms with E-state index in [4.69, 9.17) is 0 Å². The number of rotatable bonds is 2. The van der Waals surface area contributed by atoms with E-state index in [-0.39, 0.29) is 23.8 Å². The lowest BCUT2D eigenvalue weighted by molar-refractivity contribution is -0.136. The van der Waals surface area contributed by atoms with Gasteiger partial charge in [0.1, 0.15) is 0 Å². The summed E-state index contributed by atoms with van der Waals surface area (Å²) in [6.07, 6.45) is 4.56. The van der Waals surface area contributed by atoms with E-state index in [1.807, 2.05) is 28.0 Å². The van der Waals surface area contributed by atoms with Gasteiger partial charge in [0.05, 0.1) is 6.04 Å². The Bertz CT molecular complexity index is 631. The predicted octanol–water partition coefficient (Wildman–Crippen LogP) is 1.57. The fourth-order valence-corrected chi connectivity index (χ4v) is 4.25. The molecule has 3 aliphatic heterocycles. The first-order valence-electron chi connectivity index (χ1n) is 9.15. The number of amides is 2. The number of hydrogen-bond acceptors (Lipinski definition) is 3. The van der Waals surface area contributed by atoms with Gasteiger partial charge in [0.2, 0.25) is 11.8 Å². The molecule has 4 rings (SSSR count). The molecule has 5 nitrogen and oxygen atoms in total. The Morgan fingerprint density at radius 1 is 1.00 bits per heavy atom. The number of carbonyl (C=O) groups excluding carboxylic acids is 2. The third-order valence-electron chi connectivity index (χ3n) is 5.67. The molecular formula is C19H25N3O2. The fraction of sp³-hybridized carbons (Fsp3) is 0.579. The van der Waals surface area contributed by atoms with Gasteiger partial charge in [-0.1, -0.05) is 18.2 Å². The standard InChI is InChI=1S/C19H25N3O2/c23-18(22-13-9-14-4-1-2-6-17(14)22)15-7-11-21(12-8-15)19(24)16-5-3-10-20-16/h1-2,4,6,15-16,20H,3,5,7-13H2. The van der Waals surface area contributed by atoms with Crippen molar-refractivity contribution in [3.8, 4) is 0 Å². The monoisotopic (exact) mass is 327 g/mol. The molecule has 3 heterocycles. The van der Waals surface area contributed by atoms with E-state index in [2.05, 4.69) is 11.4 Å². The molecule has 5 heteroatoms. The number of likely N-dealkylation sites (tertiary alicyclic amines) is 1. The quantitative estimate of drug-likeness (QED) is 0.897. The van der Waals surface area contributed by atoms with E-state index in [0.717, 1.165) is 50.9 Å². The number of fused-ring (bicyclic) bond motifs is 1. The first-order valence-corrected chi connectivity index (χ1v) is 9.15. The molecule has 0 radical (unpaired) electrons. The highest BCUT2D eigenvalue weighted by Crippen LogP contribution is 2.31. The Balaban J connectivity index is 1.36. The average molecular weight is 327 g/mol. The summed E-state index contributed by atoms with van der Waals surface area (Å²) < 4.78 is 0. The number of nitrogens with zero attached hydrogens (tertiary/aromatic N) is 2. The third kappa shape index (κ3) is 2.81. The Hall–Kier alpha value is -1.88. The topological polar surface area (TPSA) is 52.7 Å². The van der Waals surface area contributed by atoms with Gasteiger partial charge in [-0.15, -0.1) is 0 Å². The van der Waals surface area contributed by atoms with Crippen molar-refractivity contribution in [1.82, 2.24) is 10.2 Å². The van der Waals surface area contributed by atoms with Crippen LogP contribution in [0.1, 0.15) is 31.2 Å². The summed E-state index contributed by atoms with van der Waals surface area (Å²) in [4.78, 5) is 29.3. The van der Waals surface area contributed by atoms with Gasteiger partial charge in [-0.05, 0) is 50.3 Å². The molecule has 0 spiro atoms. The van der Waals surface area contributed by atoms with Crippen molar-refractivity contribution in [2.45, 2.75) is 38.1 Å². The van der Waals surface area contributed by atoms with Gasteiger partial charge >= 0.3 is 0 Å². The average Bonchev–Trinajstić information content (AvgIpc) is 3.30. The second-order valence-corrected chi connectivity index (χ2v) is 7.12. The van der Waals surface area contributed by atoms with Crippen LogP contribution < -0.4 is 10.2 Å². The van der Waals surface area contributed by atoms with Gasteiger partial charge in [-0.3, -0.25) is 9.59 Å². The molecule has 0 aliphatic carbocycles. The second kappa shape index (κ2) is 6.55. The number of hydrogen-bond donors (Lipinski definition) is 1. The second-order valence-electron chi connectivity index (χ2n) is 7.12. The highest BCUT2D eigenvalue weighted by molar-refractivity contribution is 5.97. The Labute approximate surface area is 143 Å². The fourth-order valence-electron chi connectivity index (χ4n) is 4.25. The van der Waals surface area contributed by atoms with Crippen LogP contribution in [0.4, 0.5) is 5.69 Å². The zero-order valence-electron chi connectivity index (χ0n) is 14.0. The summed E-state index contributed by atoms with van der Waals surface area (Å²) in [5, 5.41) is 3.28. The predicted molar refractivity (Wildman–Crippen MR) is 92.8 cm³/mol. The molecule has 0 bridgehead atoms. The molecule has 1 aromatic rings. The maximum absolute atomic E-state index is 12.9. The maximum atomic E-state index is 12.9. The van der Waals surface area contributed by atoms with Crippen LogP contribution in [0, 0.1) is 5.92 Å². The van der Waals surface area contributed by atoms with Crippen molar-refractivity contribution >= 4 is 17.5 Å². The number of para-hydroxylation sites is 1. The van der Waals surface area contributed by atoms with Crippen LogP contribution in [0.5, 0.6) is 0 Å². The van der Waals surface area contributed by atoms with Crippen LogP contribution in [0.15, 0.2) is 24.3 Å². The lowest BCUT2D eigenvalue weighted by atomic mass is 9.94. The van der Waals surface area contributed by atoms with E-state index in [0.29, 0.717) is 13.1 Å². The highest BCUT2D eigenvalue weighted by Gasteiger charge is 2.35. The Morgan fingerprint density at radius 2 is 1.79 bits per heavy atom. The Kier molecular flexibility index (Phi) is 4.27. The first kappa shape index (κ1) is 15.6. The van der Waals surface area contributed by atoms with Gasteiger partial charge in [-0.2, -0.15) is 0 Å². The van der Waals surface area contributed by atoms with Crippen LogP contribution >= 0.6 is 0 Å². The van der Waals surface area contributed by atoms with Crippen LogP contribution in [-0.2, 0) is 16.0 Å². The molecule has 1 atom stereocenters. The van der Waals surface area contributed by atoms with E-state index < -0.39 is 0 Å². The third-order valence-corrected chi connectivity index (χ3v) is 5.67. The largest absolute Gasteiger partial charge is 0.341 e. The van der Waals surface area contributed by atoms with Gasteiger partial charge < -0.3 is 15.1 Å². The summed E-state index contributed by atoms with van der Waals surface area (Å²) >= 11 is 0. The molecule has 2 saturated heterocycles. The summed E-state index contributed by atoms with van der Waals surface area (Å²) in [7, 11) is 0. The normalized spacial score (nSPS) is 24.2. The number of anilines is 1. The highest BCUT2D eigenvalue weighted by atomic mass is 16.2. The Morgan fingerprint density at radius 3 is 2.54 bits per heavy atom. The minimum absolute atomic E-state index is 0.00251. The molecule has 0 aromatic heterocycles. The number of nitrogens with one attached hydrogen (secondary N) is 1. The van der Waals surface area contributed by atoms with Crippen molar-refractivity contribution in [3.05, 3.63) is 29.8 Å². The minimum Gasteiger partial charge on any atom is -0.341 e. The van der Waals surface area contributed by atoms with Crippen LogP contribution in [-0.4, -0.2) is 48.9 Å². The SMILES string of the molecule is O=C(C1CCCN1)N1CCC(C(=O)N2CCc3ccccc32)CC1. The lowest BCUT2D eigenvalue weighted by Crippen LogP contribution is -2.49. The molecule has 1 N–H and O–H groups in total. The van der Waals surface area contributed by atoms with Gasteiger partial charge in [-0.25, -0.2) is 0 Å². The number of benzene rings is 1. The first-order chi connectivity index (χ1) is 11.7. The van der Waals surface area contributed by atoms with Crippen molar-refractivity contribution in [3.63, 3.8) is 0 Å². The molecule has 3 aliphatic rings. The van der Waals surface area contributed by atoms with Crippen molar-refractivity contribution < 1.29 is 9.59 Å². The lowest BCUT2D eigenvalue weighted by Gasteiger charge is -2.34. The molecular weight excluding hydrogens is 302 g/mol. The van der Waals surface area contributed by atoms with Gasteiger partial charge in [0.25, 0.3) is 0 Å². The molecule has 2 fully saturated rings. The minimum atomic E-state index is 0.00251. The van der Waals surface area contributed by atoms with E-state index in [9.17, 15) is 9.59 Å². The van der Waals surface area contributed by atoms with Crippen molar-refractivity contribution in [2.24, 2.45) is 5.92 Å². The number of carbonyl (C=O) groups is 2.